The van der Waals surface area contributed by atoms with Crippen LogP contribution in [-0.4, -0.2) is 29.8 Å². The van der Waals surface area contributed by atoms with Gasteiger partial charge in [0.25, 0.3) is 5.69 Å². The topological polar surface area (TPSA) is 113 Å². The van der Waals surface area contributed by atoms with Crippen molar-refractivity contribution in [2.45, 2.75) is 12.8 Å². The molecule has 4 rings (SSSR count). The average Bonchev–Trinajstić information content (AvgIpc) is 3.30. The molecule has 0 saturated heterocycles. The number of rotatable bonds is 4. The Morgan fingerprint density at radius 2 is 1.86 bits per heavy atom. The Kier molecular flexibility index (Phi) is 3.65. The van der Waals surface area contributed by atoms with Gasteiger partial charge in [-0.2, -0.15) is 0 Å². The molecule has 142 valence electrons. The lowest BCUT2D eigenvalue weighted by Crippen LogP contribution is -2.39. The van der Waals surface area contributed by atoms with Gasteiger partial charge in [-0.05, 0) is 13.0 Å². The van der Waals surface area contributed by atoms with Crippen LogP contribution in [0, 0.1) is 20.9 Å². The van der Waals surface area contributed by atoms with E-state index in [2.05, 4.69) is 0 Å². The lowest BCUT2D eigenvalue weighted by Gasteiger charge is -2.21. The van der Waals surface area contributed by atoms with Gasteiger partial charge in [0, 0.05) is 29.2 Å². The van der Waals surface area contributed by atoms with Crippen LogP contribution in [0.5, 0.6) is 5.75 Å². The number of non-ortho nitro benzene ring substituents is 1. The number of nitro benzene ring substituents is 1. The maximum absolute atomic E-state index is 13.3. The van der Waals surface area contributed by atoms with Crippen molar-refractivity contribution in [1.82, 2.24) is 0 Å². The van der Waals surface area contributed by atoms with Crippen LogP contribution in [0.3, 0.4) is 0 Å². The second kappa shape index (κ2) is 5.72. The number of methoxy groups -OCH3 is 1. The van der Waals surface area contributed by atoms with Crippen LogP contribution in [0.2, 0.25) is 0 Å². The second-order valence-electron chi connectivity index (χ2n) is 7.00. The van der Waals surface area contributed by atoms with Crippen molar-refractivity contribution < 1.29 is 28.8 Å². The highest BCUT2D eigenvalue weighted by atomic mass is 16.6. The molecule has 8 heteroatoms. The number of carbonyl (C=O) groups is 3. The Morgan fingerprint density at radius 1 is 1.18 bits per heavy atom. The molecule has 0 radical (unpaired) electrons. The van der Waals surface area contributed by atoms with Gasteiger partial charge in [0.2, 0.25) is 0 Å². The van der Waals surface area contributed by atoms with Crippen molar-refractivity contribution >= 4 is 23.4 Å². The Bertz CT molecular complexity index is 1050. The van der Waals surface area contributed by atoms with Crippen LogP contribution in [0.1, 0.15) is 28.8 Å². The number of carbonyl (C=O) groups excluding carboxylic acids is 3. The molecule has 1 saturated carbocycles. The third-order valence-electron chi connectivity index (χ3n) is 5.80. The number of ketones is 1. The lowest BCUT2D eigenvalue weighted by atomic mass is 9.87. The number of hydrogen-bond donors (Lipinski definition) is 0. The molecule has 1 heterocycles. The maximum Gasteiger partial charge on any atom is 0.330 e. The number of nitro groups is 1. The van der Waals surface area contributed by atoms with E-state index in [1.54, 1.807) is 30.3 Å². The fourth-order valence-electron chi connectivity index (χ4n) is 4.42. The van der Waals surface area contributed by atoms with Gasteiger partial charge in [0.05, 0.1) is 17.4 Å². The smallest absolute Gasteiger partial charge is 0.330 e. The zero-order valence-electron chi connectivity index (χ0n) is 15.0. The number of ether oxygens (including phenoxy) is 2. The van der Waals surface area contributed by atoms with Crippen LogP contribution in [-0.2, 0) is 14.3 Å². The predicted octanol–water partition coefficient (Wildman–Crippen LogP) is 2.66. The molecule has 0 aromatic heterocycles. The van der Waals surface area contributed by atoms with Crippen molar-refractivity contribution in [1.29, 1.82) is 0 Å². The van der Waals surface area contributed by atoms with E-state index in [0.29, 0.717) is 5.56 Å². The minimum absolute atomic E-state index is 0.102. The van der Waals surface area contributed by atoms with Crippen molar-refractivity contribution in [3.63, 3.8) is 0 Å². The Labute approximate surface area is 159 Å². The Morgan fingerprint density at radius 3 is 2.46 bits per heavy atom. The monoisotopic (exact) mass is 381 g/mol. The van der Waals surface area contributed by atoms with Crippen LogP contribution >= 0.6 is 0 Å². The highest BCUT2D eigenvalue weighted by molar-refractivity contribution is 6.20. The molecule has 8 nitrogen and oxygen atoms in total. The number of nitrogens with zero attached hydrogens (tertiary/aromatic N) is 1. The van der Waals surface area contributed by atoms with E-state index in [-0.39, 0.29) is 17.0 Å². The first kappa shape index (κ1) is 17.8. The average molecular weight is 381 g/mol. The van der Waals surface area contributed by atoms with E-state index in [0.717, 1.165) is 7.11 Å². The molecule has 0 N–H and O–H groups in total. The predicted molar refractivity (Wildman–Crippen MR) is 94.8 cm³/mol. The molecular formula is C20H15NO7. The molecule has 1 aliphatic heterocycles. The molecule has 0 unspecified atom stereocenters. The first-order valence-electron chi connectivity index (χ1n) is 8.49. The quantitative estimate of drug-likeness (QED) is 0.200. The summed E-state index contributed by atoms with van der Waals surface area (Å²) in [6.07, 6.45) is 0. The molecule has 0 bridgehead atoms. The zero-order chi connectivity index (χ0) is 20.3. The second-order valence-corrected chi connectivity index (χ2v) is 7.00. The number of fused-ring (bicyclic) bond motifs is 3. The van der Waals surface area contributed by atoms with Gasteiger partial charge in [-0.3, -0.25) is 24.5 Å². The summed E-state index contributed by atoms with van der Waals surface area (Å²) in [5.74, 6) is -3.04. The number of Topliss-reactive ketones (excluding diaryl/α,β-unsaturated/α-hetero) is 1. The normalized spacial score (nSPS) is 27.1. The van der Waals surface area contributed by atoms with E-state index in [4.69, 9.17) is 9.47 Å². The van der Waals surface area contributed by atoms with Crippen LogP contribution < -0.4 is 4.74 Å². The maximum atomic E-state index is 13.3. The van der Waals surface area contributed by atoms with E-state index in [9.17, 15) is 24.5 Å². The van der Waals surface area contributed by atoms with Crippen molar-refractivity contribution in [3.05, 3.63) is 69.8 Å². The molecule has 1 aliphatic carbocycles. The molecule has 0 amide bonds. The Hall–Kier alpha value is -3.55. The minimum Gasteiger partial charge on any atom is -0.468 e. The molecule has 2 aromatic rings. The molecule has 3 atom stereocenters. The van der Waals surface area contributed by atoms with Gasteiger partial charge in [0.15, 0.2) is 11.2 Å². The summed E-state index contributed by atoms with van der Waals surface area (Å²) in [7, 11) is 1.12. The van der Waals surface area contributed by atoms with E-state index >= 15 is 0 Å². The van der Waals surface area contributed by atoms with Crippen molar-refractivity contribution in [2.75, 3.05) is 7.11 Å². The summed E-state index contributed by atoms with van der Waals surface area (Å²) in [5.41, 5.74) is -3.00. The molecule has 0 spiro atoms. The lowest BCUT2D eigenvalue weighted by molar-refractivity contribution is -0.385. The Balaban J connectivity index is 1.94. The van der Waals surface area contributed by atoms with E-state index in [1.165, 1.54) is 25.1 Å². The first-order valence-corrected chi connectivity index (χ1v) is 8.49. The summed E-state index contributed by atoms with van der Waals surface area (Å²) in [4.78, 5) is 49.5. The van der Waals surface area contributed by atoms with Gasteiger partial charge in [-0.15, -0.1) is 0 Å². The third-order valence-corrected chi connectivity index (χ3v) is 5.80. The van der Waals surface area contributed by atoms with Crippen LogP contribution in [0.4, 0.5) is 5.69 Å². The van der Waals surface area contributed by atoms with E-state index in [1.807, 2.05) is 0 Å². The van der Waals surface area contributed by atoms with Gasteiger partial charge < -0.3 is 9.47 Å². The van der Waals surface area contributed by atoms with Crippen molar-refractivity contribution in [3.8, 4) is 5.75 Å². The zero-order valence-corrected chi connectivity index (χ0v) is 15.0. The van der Waals surface area contributed by atoms with Gasteiger partial charge >= 0.3 is 11.9 Å². The molecule has 28 heavy (non-hydrogen) atoms. The summed E-state index contributed by atoms with van der Waals surface area (Å²) < 4.78 is 10.2. The van der Waals surface area contributed by atoms with E-state index < -0.39 is 39.4 Å². The summed E-state index contributed by atoms with van der Waals surface area (Å²) in [6.45, 7) is 1.50. The molecule has 2 aromatic carbocycles. The fourth-order valence-corrected chi connectivity index (χ4v) is 4.42. The summed E-state index contributed by atoms with van der Waals surface area (Å²) >= 11 is 0. The highest BCUT2D eigenvalue weighted by Gasteiger charge is 2.89. The summed E-state index contributed by atoms with van der Waals surface area (Å²) in [6, 6.07) is 12.0. The van der Waals surface area contributed by atoms with Crippen LogP contribution in [0.15, 0.2) is 48.5 Å². The molecule has 2 aliphatic rings. The number of hydrogen-bond acceptors (Lipinski definition) is 7. The highest BCUT2D eigenvalue weighted by Crippen LogP contribution is 2.78. The number of benzene rings is 2. The van der Waals surface area contributed by atoms with Crippen molar-refractivity contribution in [2.24, 2.45) is 10.8 Å². The standard InChI is InChI=1S/C20H15NO7/c1-19(16(22)11-6-4-3-5-7-11)15-13-10-12(21(25)26)8-9-14(13)28-18(24)20(15,19)17(23)27-2/h3-10,15H,1-2H3/t15-,19+,20-/m0/s1. The summed E-state index contributed by atoms with van der Waals surface area (Å²) in [5, 5.41) is 11.2. The largest absolute Gasteiger partial charge is 0.468 e. The third kappa shape index (κ3) is 1.97. The van der Waals surface area contributed by atoms with Gasteiger partial charge in [-0.25, -0.2) is 0 Å². The minimum atomic E-state index is -1.88. The fraction of sp³-hybridized carbons (Fsp3) is 0.250. The molecule has 1 fully saturated rings. The van der Waals surface area contributed by atoms with Gasteiger partial charge in [-0.1, -0.05) is 30.3 Å². The first-order chi connectivity index (χ1) is 13.3. The van der Waals surface area contributed by atoms with Crippen LogP contribution in [0.25, 0.3) is 0 Å². The number of esters is 2. The van der Waals surface area contributed by atoms with Gasteiger partial charge in [0.1, 0.15) is 5.75 Å². The molecular weight excluding hydrogens is 366 g/mol. The SMILES string of the molecule is COC(=O)[C@]12C(=O)Oc3ccc([N+](=O)[O-])cc3[C@H]1[C@]2(C)C(=O)c1ccccc1.